The van der Waals surface area contributed by atoms with Gasteiger partial charge in [-0.05, 0) is 28.8 Å². The molecule has 0 saturated heterocycles. The SMILES string of the molecule is CN(C)C(=O)c1cnc(Br)cc1OC1CC1. The molecule has 1 fully saturated rings. The van der Waals surface area contributed by atoms with Crippen LogP contribution in [0, 0.1) is 0 Å². The number of ether oxygens (including phenoxy) is 1. The third-order valence-corrected chi connectivity index (χ3v) is 2.72. The average molecular weight is 285 g/mol. The number of hydrogen-bond acceptors (Lipinski definition) is 3. The fourth-order valence-electron chi connectivity index (χ4n) is 1.28. The molecule has 1 aliphatic rings. The molecule has 4 nitrogen and oxygen atoms in total. The van der Waals surface area contributed by atoms with Crippen LogP contribution in [0.2, 0.25) is 0 Å². The molecule has 1 aliphatic carbocycles. The van der Waals surface area contributed by atoms with Gasteiger partial charge in [-0.1, -0.05) is 0 Å². The lowest BCUT2D eigenvalue weighted by Crippen LogP contribution is -2.22. The molecule has 0 atom stereocenters. The fraction of sp³-hybridized carbons (Fsp3) is 0.455. The number of carbonyl (C=O) groups is 1. The molecule has 1 aromatic heterocycles. The Morgan fingerprint density at radius 2 is 2.25 bits per heavy atom. The van der Waals surface area contributed by atoms with Crippen LogP contribution >= 0.6 is 15.9 Å². The van der Waals surface area contributed by atoms with Crippen LogP contribution in [0.25, 0.3) is 0 Å². The maximum atomic E-state index is 11.9. The second kappa shape index (κ2) is 4.41. The van der Waals surface area contributed by atoms with Gasteiger partial charge in [-0.15, -0.1) is 0 Å². The van der Waals surface area contributed by atoms with E-state index >= 15 is 0 Å². The summed E-state index contributed by atoms with van der Waals surface area (Å²) >= 11 is 3.28. The number of rotatable bonds is 3. The molecular weight excluding hydrogens is 272 g/mol. The Balaban J connectivity index is 2.30. The zero-order chi connectivity index (χ0) is 11.7. The fourth-order valence-corrected chi connectivity index (χ4v) is 1.59. The van der Waals surface area contributed by atoms with Gasteiger partial charge in [0.2, 0.25) is 0 Å². The summed E-state index contributed by atoms with van der Waals surface area (Å²) in [5.41, 5.74) is 0.514. The van der Waals surface area contributed by atoms with Gasteiger partial charge in [0.25, 0.3) is 5.91 Å². The van der Waals surface area contributed by atoms with E-state index in [1.54, 1.807) is 26.4 Å². The van der Waals surface area contributed by atoms with E-state index in [2.05, 4.69) is 20.9 Å². The molecule has 1 heterocycles. The maximum Gasteiger partial charge on any atom is 0.258 e. The second-order valence-corrected chi connectivity index (χ2v) is 4.83. The van der Waals surface area contributed by atoms with Crippen molar-refractivity contribution in [1.82, 2.24) is 9.88 Å². The minimum atomic E-state index is -0.0874. The van der Waals surface area contributed by atoms with Crippen LogP contribution in [0.3, 0.4) is 0 Å². The van der Waals surface area contributed by atoms with Crippen LogP contribution in [0.1, 0.15) is 23.2 Å². The molecular formula is C11H13BrN2O2. The highest BCUT2D eigenvalue weighted by Crippen LogP contribution is 2.30. The van der Waals surface area contributed by atoms with Gasteiger partial charge in [0.15, 0.2) is 0 Å². The molecule has 0 aliphatic heterocycles. The van der Waals surface area contributed by atoms with E-state index in [-0.39, 0.29) is 12.0 Å². The molecule has 1 amide bonds. The summed E-state index contributed by atoms with van der Waals surface area (Å²) < 4.78 is 6.37. The van der Waals surface area contributed by atoms with Crippen LogP contribution in [0.15, 0.2) is 16.9 Å². The number of pyridine rings is 1. The minimum Gasteiger partial charge on any atom is -0.489 e. The van der Waals surface area contributed by atoms with Gasteiger partial charge in [0.1, 0.15) is 10.4 Å². The quantitative estimate of drug-likeness (QED) is 0.799. The van der Waals surface area contributed by atoms with Crippen molar-refractivity contribution in [1.29, 1.82) is 0 Å². The van der Waals surface area contributed by atoms with Crippen LogP contribution in [0.4, 0.5) is 0 Å². The average Bonchev–Trinajstić information content (AvgIpc) is 3.01. The molecule has 1 aromatic rings. The highest BCUT2D eigenvalue weighted by atomic mass is 79.9. The van der Waals surface area contributed by atoms with E-state index in [0.29, 0.717) is 15.9 Å². The summed E-state index contributed by atoms with van der Waals surface area (Å²) in [5.74, 6) is 0.527. The normalized spacial score (nSPS) is 14.7. The van der Waals surface area contributed by atoms with E-state index < -0.39 is 0 Å². The molecule has 0 N–H and O–H groups in total. The summed E-state index contributed by atoms with van der Waals surface area (Å²) in [4.78, 5) is 17.4. The highest BCUT2D eigenvalue weighted by molar-refractivity contribution is 9.10. The number of aromatic nitrogens is 1. The Kier molecular flexibility index (Phi) is 3.14. The molecule has 16 heavy (non-hydrogen) atoms. The Bertz CT molecular complexity index is 416. The first kappa shape index (κ1) is 11.4. The molecule has 86 valence electrons. The van der Waals surface area contributed by atoms with Crippen molar-refractivity contribution in [3.05, 3.63) is 22.4 Å². The summed E-state index contributed by atoms with van der Waals surface area (Å²) in [6, 6.07) is 1.75. The standard InChI is InChI=1S/C11H13BrN2O2/c1-14(2)11(15)8-6-13-10(12)5-9(8)16-7-3-4-7/h5-7H,3-4H2,1-2H3. The van der Waals surface area contributed by atoms with E-state index in [0.717, 1.165) is 12.8 Å². The summed E-state index contributed by atoms with van der Waals surface area (Å²) in [6.45, 7) is 0. The Morgan fingerprint density at radius 1 is 1.56 bits per heavy atom. The van der Waals surface area contributed by atoms with Gasteiger partial charge in [0.05, 0.1) is 11.7 Å². The Labute approximate surface area is 103 Å². The topological polar surface area (TPSA) is 42.4 Å². The molecule has 5 heteroatoms. The van der Waals surface area contributed by atoms with Crippen molar-refractivity contribution in [2.45, 2.75) is 18.9 Å². The van der Waals surface area contributed by atoms with Gasteiger partial charge < -0.3 is 9.64 Å². The molecule has 0 spiro atoms. The van der Waals surface area contributed by atoms with Crippen molar-refractivity contribution in [3.63, 3.8) is 0 Å². The van der Waals surface area contributed by atoms with E-state index in [1.165, 1.54) is 4.90 Å². The first-order valence-corrected chi connectivity index (χ1v) is 5.91. The number of amides is 1. The number of nitrogens with zero attached hydrogens (tertiary/aromatic N) is 2. The van der Waals surface area contributed by atoms with E-state index in [4.69, 9.17) is 4.74 Å². The molecule has 0 unspecified atom stereocenters. The first-order valence-electron chi connectivity index (χ1n) is 5.12. The van der Waals surface area contributed by atoms with Crippen molar-refractivity contribution >= 4 is 21.8 Å². The zero-order valence-corrected chi connectivity index (χ0v) is 10.8. The molecule has 0 radical (unpaired) electrons. The lowest BCUT2D eigenvalue weighted by Gasteiger charge is -2.14. The number of hydrogen-bond donors (Lipinski definition) is 0. The Morgan fingerprint density at radius 3 is 2.81 bits per heavy atom. The van der Waals surface area contributed by atoms with E-state index in [1.807, 2.05) is 0 Å². The number of carbonyl (C=O) groups excluding carboxylic acids is 1. The molecule has 2 rings (SSSR count). The number of halogens is 1. The van der Waals surface area contributed by atoms with Crippen molar-refractivity contribution in [2.24, 2.45) is 0 Å². The lowest BCUT2D eigenvalue weighted by molar-refractivity contribution is 0.0822. The van der Waals surface area contributed by atoms with Crippen LogP contribution in [-0.2, 0) is 0 Å². The van der Waals surface area contributed by atoms with E-state index in [9.17, 15) is 4.79 Å². The predicted octanol–water partition coefficient (Wildman–Crippen LogP) is 2.09. The maximum absolute atomic E-state index is 11.9. The largest absolute Gasteiger partial charge is 0.489 e. The molecule has 0 aromatic carbocycles. The summed E-state index contributed by atoms with van der Waals surface area (Å²) in [7, 11) is 3.43. The summed E-state index contributed by atoms with van der Waals surface area (Å²) in [5, 5.41) is 0. The third kappa shape index (κ3) is 2.52. The second-order valence-electron chi connectivity index (χ2n) is 4.02. The van der Waals surface area contributed by atoms with Crippen LogP contribution < -0.4 is 4.74 Å². The monoisotopic (exact) mass is 284 g/mol. The highest BCUT2D eigenvalue weighted by Gasteiger charge is 2.26. The lowest BCUT2D eigenvalue weighted by atomic mass is 10.2. The van der Waals surface area contributed by atoms with Gasteiger partial charge in [0, 0.05) is 26.4 Å². The Hall–Kier alpha value is -1.10. The zero-order valence-electron chi connectivity index (χ0n) is 9.24. The van der Waals surface area contributed by atoms with Crippen molar-refractivity contribution in [3.8, 4) is 5.75 Å². The van der Waals surface area contributed by atoms with Crippen LogP contribution in [-0.4, -0.2) is 36.0 Å². The minimum absolute atomic E-state index is 0.0874. The molecule has 0 bridgehead atoms. The van der Waals surface area contributed by atoms with Crippen molar-refractivity contribution in [2.75, 3.05) is 14.1 Å². The van der Waals surface area contributed by atoms with Gasteiger partial charge in [-0.25, -0.2) is 4.98 Å². The van der Waals surface area contributed by atoms with Crippen molar-refractivity contribution < 1.29 is 9.53 Å². The van der Waals surface area contributed by atoms with Crippen LogP contribution in [0.5, 0.6) is 5.75 Å². The first-order chi connectivity index (χ1) is 7.58. The smallest absolute Gasteiger partial charge is 0.258 e. The predicted molar refractivity (Wildman–Crippen MR) is 63.6 cm³/mol. The van der Waals surface area contributed by atoms with Gasteiger partial charge in [-0.2, -0.15) is 0 Å². The molecule has 1 saturated carbocycles. The van der Waals surface area contributed by atoms with Gasteiger partial charge in [-0.3, -0.25) is 4.79 Å². The van der Waals surface area contributed by atoms with Gasteiger partial charge >= 0.3 is 0 Å². The third-order valence-electron chi connectivity index (χ3n) is 2.29. The summed E-state index contributed by atoms with van der Waals surface area (Å²) in [6.07, 6.45) is 3.94.